The molecule has 1 aromatic heterocycles. The number of nitrogens with zero attached hydrogens (tertiary/aromatic N) is 1. The number of aromatic nitrogens is 1. The largest absolute Gasteiger partial charge is 0.486 e. The summed E-state index contributed by atoms with van der Waals surface area (Å²) in [5.41, 5.74) is 4.13. The molecule has 0 aliphatic carbocycles. The third-order valence-corrected chi connectivity index (χ3v) is 3.77. The van der Waals surface area contributed by atoms with Gasteiger partial charge in [0.15, 0.2) is 11.5 Å². The number of nitrogens with one attached hydrogen (secondary N) is 1. The van der Waals surface area contributed by atoms with E-state index in [4.69, 9.17) is 9.47 Å². The molecule has 0 radical (unpaired) electrons. The molecule has 0 bridgehead atoms. The second-order valence-corrected chi connectivity index (χ2v) is 5.20. The molecule has 0 amide bonds. The standard InChI is InChI=1S/C14H16N2O2S/c1-10(15-7-12-8-19-9-16-12)11-2-3-13-14(6-11)18-5-4-17-13/h2-3,6,8-10,15H,4-5,7H2,1H3. The van der Waals surface area contributed by atoms with Crippen LogP contribution >= 0.6 is 11.3 Å². The van der Waals surface area contributed by atoms with Crippen LogP contribution in [-0.4, -0.2) is 18.2 Å². The molecule has 1 aliphatic heterocycles. The molecule has 1 aliphatic rings. The van der Waals surface area contributed by atoms with Gasteiger partial charge in [0.05, 0.1) is 11.2 Å². The summed E-state index contributed by atoms with van der Waals surface area (Å²) in [6.07, 6.45) is 0. The minimum Gasteiger partial charge on any atom is -0.486 e. The van der Waals surface area contributed by atoms with Gasteiger partial charge in [0.1, 0.15) is 13.2 Å². The summed E-state index contributed by atoms with van der Waals surface area (Å²) in [4.78, 5) is 4.26. The maximum absolute atomic E-state index is 5.60. The number of benzene rings is 1. The molecule has 0 fully saturated rings. The molecule has 19 heavy (non-hydrogen) atoms. The van der Waals surface area contributed by atoms with Crippen molar-refractivity contribution >= 4 is 11.3 Å². The zero-order valence-electron chi connectivity index (χ0n) is 10.8. The molecule has 2 aromatic rings. The summed E-state index contributed by atoms with van der Waals surface area (Å²) in [5.74, 6) is 1.67. The van der Waals surface area contributed by atoms with E-state index in [2.05, 4.69) is 28.7 Å². The monoisotopic (exact) mass is 276 g/mol. The van der Waals surface area contributed by atoms with Crippen molar-refractivity contribution in [2.45, 2.75) is 19.5 Å². The number of hydrogen-bond acceptors (Lipinski definition) is 5. The van der Waals surface area contributed by atoms with Crippen molar-refractivity contribution in [3.05, 3.63) is 40.3 Å². The van der Waals surface area contributed by atoms with Crippen LogP contribution in [0.5, 0.6) is 11.5 Å². The Morgan fingerprint density at radius 2 is 2.16 bits per heavy atom. The fraction of sp³-hybridized carbons (Fsp3) is 0.357. The highest BCUT2D eigenvalue weighted by molar-refractivity contribution is 7.07. The Bertz CT molecular complexity index is 542. The Kier molecular flexibility index (Phi) is 3.66. The Morgan fingerprint density at radius 3 is 2.95 bits per heavy atom. The van der Waals surface area contributed by atoms with Gasteiger partial charge in [-0.1, -0.05) is 6.07 Å². The third-order valence-electron chi connectivity index (χ3n) is 3.14. The van der Waals surface area contributed by atoms with E-state index in [1.54, 1.807) is 11.3 Å². The molecule has 3 rings (SSSR count). The lowest BCUT2D eigenvalue weighted by molar-refractivity contribution is 0.171. The lowest BCUT2D eigenvalue weighted by Crippen LogP contribution is -2.19. The van der Waals surface area contributed by atoms with E-state index in [0.29, 0.717) is 13.2 Å². The van der Waals surface area contributed by atoms with Gasteiger partial charge in [-0.2, -0.15) is 0 Å². The Balaban J connectivity index is 1.67. The number of hydrogen-bond donors (Lipinski definition) is 1. The van der Waals surface area contributed by atoms with E-state index >= 15 is 0 Å². The van der Waals surface area contributed by atoms with Crippen LogP contribution in [0.25, 0.3) is 0 Å². The van der Waals surface area contributed by atoms with Crippen LogP contribution in [0.4, 0.5) is 0 Å². The summed E-state index contributed by atoms with van der Waals surface area (Å²) < 4.78 is 11.1. The molecule has 1 aromatic carbocycles. The van der Waals surface area contributed by atoms with E-state index in [0.717, 1.165) is 23.7 Å². The van der Waals surface area contributed by atoms with Gasteiger partial charge in [-0.15, -0.1) is 11.3 Å². The predicted molar refractivity (Wildman–Crippen MR) is 74.8 cm³/mol. The summed E-state index contributed by atoms with van der Waals surface area (Å²) in [5, 5.41) is 5.51. The van der Waals surface area contributed by atoms with E-state index in [9.17, 15) is 0 Å². The molecule has 0 spiro atoms. The van der Waals surface area contributed by atoms with Gasteiger partial charge in [0.25, 0.3) is 0 Å². The van der Waals surface area contributed by atoms with Gasteiger partial charge in [0.2, 0.25) is 0 Å². The number of rotatable bonds is 4. The molecule has 5 heteroatoms. The van der Waals surface area contributed by atoms with E-state index in [1.165, 1.54) is 5.56 Å². The minimum absolute atomic E-state index is 0.248. The van der Waals surface area contributed by atoms with Gasteiger partial charge >= 0.3 is 0 Å². The van der Waals surface area contributed by atoms with Crippen LogP contribution in [0.3, 0.4) is 0 Å². The average molecular weight is 276 g/mol. The maximum Gasteiger partial charge on any atom is 0.161 e. The summed E-state index contributed by atoms with van der Waals surface area (Å²) in [7, 11) is 0. The van der Waals surface area contributed by atoms with Crippen molar-refractivity contribution in [2.24, 2.45) is 0 Å². The molecule has 100 valence electrons. The molecule has 0 saturated heterocycles. The zero-order valence-corrected chi connectivity index (χ0v) is 11.6. The molecule has 4 nitrogen and oxygen atoms in total. The van der Waals surface area contributed by atoms with Crippen LogP contribution in [0.15, 0.2) is 29.1 Å². The van der Waals surface area contributed by atoms with Crippen LogP contribution in [0, 0.1) is 0 Å². The van der Waals surface area contributed by atoms with Crippen molar-refractivity contribution < 1.29 is 9.47 Å². The highest BCUT2D eigenvalue weighted by atomic mass is 32.1. The van der Waals surface area contributed by atoms with Crippen molar-refractivity contribution in [3.8, 4) is 11.5 Å². The smallest absolute Gasteiger partial charge is 0.161 e. The summed E-state index contributed by atoms with van der Waals surface area (Å²) in [6.45, 7) is 4.16. The molecule has 1 unspecified atom stereocenters. The lowest BCUT2D eigenvalue weighted by Gasteiger charge is -2.21. The highest BCUT2D eigenvalue weighted by Gasteiger charge is 2.14. The topological polar surface area (TPSA) is 43.4 Å². The lowest BCUT2D eigenvalue weighted by atomic mass is 10.1. The molecule has 1 N–H and O–H groups in total. The number of thiazole rings is 1. The van der Waals surface area contributed by atoms with E-state index in [1.807, 2.05) is 17.6 Å². The fourth-order valence-electron chi connectivity index (χ4n) is 2.03. The van der Waals surface area contributed by atoms with Crippen molar-refractivity contribution in [3.63, 3.8) is 0 Å². The van der Waals surface area contributed by atoms with E-state index in [-0.39, 0.29) is 6.04 Å². The normalized spacial score (nSPS) is 15.2. The van der Waals surface area contributed by atoms with Crippen molar-refractivity contribution in [2.75, 3.05) is 13.2 Å². The summed E-state index contributed by atoms with van der Waals surface area (Å²) >= 11 is 1.62. The molecule has 0 saturated carbocycles. The first-order valence-electron chi connectivity index (χ1n) is 6.33. The highest BCUT2D eigenvalue weighted by Crippen LogP contribution is 2.32. The first kappa shape index (κ1) is 12.4. The van der Waals surface area contributed by atoms with Crippen molar-refractivity contribution in [1.82, 2.24) is 10.3 Å². The second-order valence-electron chi connectivity index (χ2n) is 4.49. The Hall–Kier alpha value is -1.59. The Morgan fingerprint density at radius 1 is 1.32 bits per heavy atom. The van der Waals surface area contributed by atoms with Crippen LogP contribution < -0.4 is 14.8 Å². The van der Waals surface area contributed by atoms with Gasteiger partial charge in [-0.05, 0) is 24.6 Å². The van der Waals surface area contributed by atoms with Crippen molar-refractivity contribution in [1.29, 1.82) is 0 Å². The fourth-order valence-corrected chi connectivity index (χ4v) is 2.59. The predicted octanol–water partition coefficient (Wildman–Crippen LogP) is 2.77. The SMILES string of the molecule is CC(NCc1cscn1)c1ccc2c(c1)OCCO2. The van der Waals surface area contributed by atoms with Crippen LogP contribution in [-0.2, 0) is 6.54 Å². The molecule has 1 atom stereocenters. The molecular weight excluding hydrogens is 260 g/mol. The second kappa shape index (κ2) is 5.59. The zero-order chi connectivity index (χ0) is 13.1. The Labute approximate surface area is 116 Å². The quantitative estimate of drug-likeness (QED) is 0.932. The van der Waals surface area contributed by atoms with E-state index < -0.39 is 0 Å². The summed E-state index contributed by atoms with van der Waals surface area (Å²) in [6, 6.07) is 6.35. The number of ether oxygens (including phenoxy) is 2. The molecule has 2 heterocycles. The van der Waals surface area contributed by atoms with Crippen LogP contribution in [0.1, 0.15) is 24.2 Å². The first-order chi connectivity index (χ1) is 9.33. The maximum atomic E-state index is 5.60. The van der Waals surface area contributed by atoms with Gasteiger partial charge < -0.3 is 14.8 Å². The third kappa shape index (κ3) is 2.88. The first-order valence-corrected chi connectivity index (χ1v) is 7.27. The molecular formula is C14H16N2O2S. The number of fused-ring (bicyclic) bond motifs is 1. The van der Waals surface area contributed by atoms with Gasteiger partial charge in [-0.3, -0.25) is 0 Å². The van der Waals surface area contributed by atoms with Gasteiger partial charge in [0, 0.05) is 18.0 Å². The van der Waals surface area contributed by atoms with Gasteiger partial charge in [-0.25, -0.2) is 4.98 Å². The van der Waals surface area contributed by atoms with Crippen LogP contribution in [0.2, 0.25) is 0 Å². The average Bonchev–Trinajstić information content (AvgIpc) is 2.97. The minimum atomic E-state index is 0.248.